The highest BCUT2D eigenvalue weighted by atomic mass is 19.3. The van der Waals surface area contributed by atoms with Crippen LogP contribution in [0.25, 0.3) is 0 Å². The number of halogens is 2. The van der Waals surface area contributed by atoms with Crippen LogP contribution in [0, 0.1) is 5.92 Å². The van der Waals surface area contributed by atoms with Gasteiger partial charge >= 0.3 is 5.97 Å². The van der Waals surface area contributed by atoms with Gasteiger partial charge in [0.25, 0.3) is 6.43 Å². The lowest BCUT2D eigenvalue weighted by atomic mass is 9.93. The summed E-state index contributed by atoms with van der Waals surface area (Å²) in [6.07, 6.45) is 0.504. The molecule has 3 N–H and O–H groups in total. The second-order valence-electron chi connectivity index (χ2n) is 5.35. The van der Waals surface area contributed by atoms with E-state index in [1.807, 2.05) is 0 Å². The number of carboxylic acids is 1. The van der Waals surface area contributed by atoms with Crippen LogP contribution in [0.3, 0.4) is 0 Å². The van der Waals surface area contributed by atoms with Gasteiger partial charge in [-0.15, -0.1) is 0 Å². The Labute approximate surface area is 125 Å². The predicted molar refractivity (Wildman–Crippen MR) is 74.0 cm³/mol. The first-order chi connectivity index (χ1) is 10.5. The summed E-state index contributed by atoms with van der Waals surface area (Å²) in [5.41, 5.74) is -0.0345. The summed E-state index contributed by atoms with van der Waals surface area (Å²) in [7, 11) is 0. The van der Waals surface area contributed by atoms with Gasteiger partial charge in [0.2, 0.25) is 5.91 Å². The summed E-state index contributed by atoms with van der Waals surface area (Å²) in [4.78, 5) is 24.5. The molecule has 2 rings (SSSR count). The van der Waals surface area contributed by atoms with Crippen LogP contribution >= 0.6 is 0 Å². The normalized spacial score (nSPS) is 16.9. The highest BCUT2D eigenvalue weighted by Crippen LogP contribution is 2.22. The fourth-order valence-corrected chi connectivity index (χ4v) is 2.58. The number of carbonyl (C=O) groups excluding carboxylic acids is 1. The first kappa shape index (κ1) is 16.3. The molecule has 9 heteroatoms. The highest BCUT2D eigenvalue weighted by Gasteiger charge is 2.24. The zero-order chi connectivity index (χ0) is 16.1. The van der Waals surface area contributed by atoms with Crippen LogP contribution in [0.15, 0.2) is 6.20 Å². The number of alkyl halides is 2. The molecule has 0 aliphatic carbocycles. The Hall–Kier alpha value is -2.03. The van der Waals surface area contributed by atoms with Crippen molar-refractivity contribution in [2.75, 3.05) is 25.0 Å². The van der Waals surface area contributed by atoms with Crippen LogP contribution in [-0.4, -0.2) is 58.1 Å². The summed E-state index contributed by atoms with van der Waals surface area (Å²) in [5, 5.41) is 17.3. The zero-order valence-electron chi connectivity index (χ0n) is 11.9. The molecule has 122 valence electrons. The maximum Gasteiger partial charge on any atom is 0.356 e. The van der Waals surface area contributed by atoms with E-state index in [9.17, 15) is 18.4 Å². The number of aromatic carboxylic acids is 1. The van der Waals surface area contributed by atoms with E-state index in [-0.39, 0.29) is 36.2 Å². The molecule has 1 saturated heterocycles. The highest BCUT2D eigenvalue weighted by molar-refractivity contribution is 5.98. The van der Waals surface area contributed by atoms with E-state index < -0.39 is 12.4 Å². The van der Waals surface area contributed by atoms with E-state index in [0.29, 0.717) is 25.9 Å². The third-order valence-electron chi connectivity index (χ3n) is 3.70. The Morgan fingerprint density at radius 1 is 1.45 bits per heavy atom. The van der Waals surface area contributed by atoms with Crippen molar-refractivity contribution in [1.82, 2.24) is 15.1 Å². The van der Waals surface area contributed by atoms with Gasteiger partial charge in [0.1, 0.15) is 0 Å². The summed E-state index contributed by atoms with van der Waals surface area (Å²) >= 11 is 0. The van der Waals surface area contributed by atoms with Gasteiger partial charge in [0, 0.05) is 6.42 Å². The van der Waals surface area contributed by atoms with E-state index in [4.69, 9.17) is 5.11 Å². The van der Waals surface area contributed by atoms with Gasteiger partial charge in [0.15, 0.2) is 5.69 Å². The first-order valence-electron chi connectivity index (χ1n) is 7.02. The molecule has 0 aromatic carbocycles. The molecular weight excluding hydrogens is 298 g/mol. The van der Waals surface area contributed by atoms with Crippen LogP contribution in [0.2, 0.25) is 0 Å². The second kappa shape index (κ2) is 7.30. The number of aromatic amines is 1. The number of rotatable bonds is 6. The van der Waals surface area contributed by atoms with Gasteiger partial charge in [-0.1, -0.05) is 0 Å². The minimum atomic E-state index is -2.34. The van der Waals surface area contributed by atoms with Crippen molar-refractivity contribution in [2.45, 2.75) is 25.7 Å². The maximum atomic E-state index is 12.3. The molecule has 1 fully saturated rings. The van der Waals surface area contributed by atoms with E-state index in [2.05, 4.69) is 15.5 Å². The summed E-state index contributed by atoms with van der Waals surface area (Å²) in [6, 6.07) is 0. The lowest BCUT2D eigenvalue weighted by Gasteiger charge is -2.31. The molecule has 2 heterocycles. The van der Waals surface area contributed by atoms with E-state index in [0.717, 1.165) is 0 Å². The molecule has 7 nitrogen and oxygen atoms in total. The van der Waals surface area contributed by atoms with Gasteiger partial charge < -0.3 is 10.4 Å². The van der Waals surface area contributed by atoms with E-state index in [1.165, 1.54) is 6.20 Å². The molecule has 0 radical (unpaired) electrons. The summed E-state index contributed by atoms with van der Waals surface area (Å²) in [6.45, 7) is 0.874. The minimum Gasteiger partial charge on any atom is -0.476 e. The van der Waals surface area contributed by atoms with Crippen molar-refractivity contribution >= 4 is 17.6 Å². The number of aromatic nitrogens is 2. The Morgan fingerprint density at radius 2 is 2.14 bits per heavy atom. The number of anilines is 1. The summed E-state index contributed by atoms with van der Waals surface area (Å²) in [5.74, 6) is -1.38. The Balaban J connectivity index is 1.79. The molecule has 0 spiro atoms. The molecule has 1 aromatic heterocycles. The molecule has 0 unspecified atom stereocenters. The monoisotopic (exact) mass is 316 g/mol. The van der Waals surface area contributed by atoms with Crippen molar-refractivity contribution in [3.8, 4) is 0 Å². The van der Waals surface area contributed by atoms with Crippen LogP contribution in [0.5, 0.6) is 0 Å². The van der Waals surface area contributed by atoms with Crippen LogP contribution in [0.4, 0.5) is 14.5 Å². The number of carboxylic acid groups (broad SMARTS) is 1. The number of likely N-dealkylation sites (tertiary alicyclic amines) is 1. The molecule has 1 aliphatic heterocycles. The number of carbonyl (C=O) groups is 2. The fourth-order valence-electron chi connectivity index (χ4n) is 2.58. The lowest BCUT2D eigenvalue weighted by molar-refractivity contribution is -0.117. The topological polar surface area (TPSA) is 98.3 Å². The van der Waals surface area contributed by atoms with Gasteiger partial charge in [-0.3, -0.25) is 14.8 Å². The Bertz CT molecular complexity index is 527. The van der Waals surface area contributed by atoms with E-state index >= 15 is 0 Å². The number of hydrogen-bond donors (Lipinski definition) is 3. The van der Waals surface area contributed by atoms with Crippen LogP contribution < -0.4 is 5.32 Å². The van der Waals surface area contributed by atoms with E-state index in [1.54, 1.807) is 4.90 Å². The van der Waals surface area contributed by atoms with Crippen molar-refractivity contribution in [3.05, 3.63) is 11.9 Å². The average molecular weight is 316 g/mol. The molecule has 22 heavy (non-hydrogen) atoms. The van der Waals surface area contributed by atoms with Crippen molar-refractivity contribution in [3.63, 3.8) is 0 Å². The molecule has 0 saturated carbocycles. The molecular formula is C13H18F2N4O3. The quantitative estimate of drug-likeness (QED) is 0.737. The van der Waals surface area contributed by atoms with Crippen LogP contribution in [-0.2, 0) is 4.79 Å². The number of piperidine rings is 1. The first-order valence-corrected chi connectivity index (χ1v) is 7.02. The molecule has 0 atom stereocenters. The van der Waals surface area contributed by atoms with Gasteiger partial charge in [-0.05, 0) is 31.8 Å². The lowest BCUT2D eigenvalue weighted by Crippen LogP contribution is -2.37. The number of amides is 1. The smallest absolute Gasteiger partial charge is 0.356 e. The third kappa shape index (κ3) is 4.48. The molecule has 1 amide bonds. The van der Waals surface area contributed by atoms with Crippen molar-refractivity contribution in [2.24, 2.45) is 5.92 Å². The third-order valence-corrected chi connectivity index (χ3v) is 3.70. The molecule has 1 aromatic rings. The fraction of sp³-hybridized carbons (Fsp3) is 0.615. The molecule has 1 aliphatic rings. The van der Waals surface area contributed by atoms with Gasteiger partial charge in [-0.2, -0.15) is 5.10 Å². The SMILES string of the molecule is O=C(CC1CCN(CC(F)F)CC1)Nc1cn[nH]c1C(=O)O. The second-order valence-corrected chi connectivity index (χ2v) is 5.35. The maximum absolute atomic E-state index is 12.3. The molecule has 0 bridgehead atoms. The number of nitrogens with zero attached hydrogens (tertiary/aromatic N) is 2. The van der Waals surface area contributed by atoms with Gasteiger partial charge in [-0.25, -0.2) is 13.6 Å². The number of hydrogen-bond acceptors (Lipinski definition) is 4. The Kier molecular flexibility index (Phi) is 5.42. The van der Waals surface area contributed by atoms with Crippen molar-refractivity contribution in [1.29, 1.82) is 0 Å². The van der Waals surface area contributed by atoms with Gasteiger partial charge in [0.05, 0.1) is 18.4 Å². The standard InChI is InChI=1S/C13H18F2N4O3/c14-10(15)7-19-3-1-8(2-4-19)5-11(20)17-9-6-16-18-12(9)13(21)22/h6,8,10H,1-5,7H2,(H,16,18)(H,17,20)(H,21,22). The Morgan fingerprint density at radius 3 is 2.73 bits per heavy atom. The predicted octanol–water partition coefficient (Wildman–Crippen LogP) is 1.41. The largest absolute Gasteiger partial charge is 0.476 e. The summed E-state index contributed by atoms with van der Waals surface area (Å²) < 4.78 is 24.6. The number of H-pyrrole nitrogens is 1. The number of nitrogens with one attached hydrogen (secondary N) is 2. The zero-order valence-corrected chi connectivity index (χ0v) is 11.9. The average Bonchev–Trinajstić information content (AvgIpc) is 2.88. The van der Waals surface area contributed by atoms with Crippen molar-refractivity contribution < 1.29 is 23.5 Å². The minimum absolute atomic E-state index is 0.120. The van der Waals surface area contributed by atoms with Crippen LogP contribution in [0.1, 0.15) is 29.8 Å².